The predicted molar refractivity (Wildman–Crippen MR) is 107 cm³/mol. The van der Waals surface area contributed by atoms with E-state index < -0.39 is 0 Å². The van der Waals surface area contributed by atoms with Crippen LogP contribution in [0.3, 0.4) is 0 Å². The molecule has 0 aromatic carbocycles. The second kappa shape index (κ2) is 8.95. The van der Waals surface area contributed by atoms with Crippen LogP contribution in [0.2, 0.25) is 0 Å². The highest BCUT2D eigenvalue weighted by atomic mass is 127. The van der Waals surface area contributed by atoms with Crippen LogP contribution < -0.4 is 0 Å². The van der Waals surface area contributed by atoms with Crippen molar-refractivity contribution in [2.45, 2.75) is 12.8 Å². The standard InChI is InChI=1S/C6H4I6/c7-3(5(9)10)1-2-4(8)6(11)12/h1-2H2. The van der Waals surface area contributed by atoms with Crippen molar-refractivity contribution in [1.29, 1.82) is 0 Å². The molecule has 0 saturated heterocycles. The summed E-state index contributed by atoms with van der Waals surface area (Å²) < 4.78 is 5.71. The zero-order valence-electron chi connectivity index (χ0n) is 5.68. The first kappa shape index (κ1) is 15.9. The fourth-order valence-electron chi connectivity index (χ4n) is 0.408. The second-order valence-electron chi connectivity index (χ2n) is 1.83. The van der Waals surface area contributed by atoms with E-state index >= 15 is 0 Å². The zero-order valence-corrected chi connectivity index (χ0v) is 18.6. The Kier molecular flexibility index (Phi) is 11.8. The van der Waals surface area contributed by atoms with Crippen LogP contribution in [0.4, 0.5) is 0 Å². The Morgan fingerprint density at radius 2 is 0.833 bits per heavy atom. The number of allylic oxidation sites excluding steroid dienone is 2. The van der Waals surface area contributed by atoms with Gasteiger partial charge in [0.15, 0.2) is 0 Å². The number of hydrogen-bond acceptors (Lipinski definition) is 0. The highest BCUT2D eigenvalue weighted by Gasteiger charge is 2.01. The Bertz CT molecular complexity index is 184. The topological polar surface area (TPSA) is 0 Å². The van der Waals surface area contributed by atoms with Crippen LogP contribution in [-0.2, 0) is 0 Å². The van der Waals surface area contributed by atoms with E-state index in [9.17, 15) is 0 Å². The van der Waals surface area contributed by atoms with Gasteiger partial charge in [0.1, 0.15) is 0 Å². The van der Waals surface area contributed by atoms with Crippen LogP contribution in [0, 0.1) is 0 Å². The van der Waals surface area contributed by atoms with Gasteiger partial charge in [-0.05, 0) is 148 Å². The van der Waals surface area contributed by atoms with Gasteiger partial charge in [-0.3, -0.25) is 0 Å². The fourth-order valence-corrected chi connectivity index (χ4v) is 2.03. The first-order chi connectivity index (χ1) is 5.45. The zero-order chi connectivity index (χ0) is 9.72. The molecule has 0 aromatic heterocycles. The van der Waals surface area contributed by atoms with Crippen LogP contribution in [0.25, 0.3) is 0 Å². The van der Waals surface area contributed by atoms with Crippen molar-refractivity contribution in [2.24, 2.45) is 0 Å². The van der Waals surface area contributed by atoms with Crippen molar-refractivity contribution >= 4 is 136 Å². The molecule has 0 saturated carbocycles. The van der Waals surface area contributed by atoms with Gasteiger partial charge in [0.05, 0.1) is 3.17 Å². The monoisotopic (exact) mass is 837 g/mol. The van der Waals surface area contributed by atoms with Crippen molar-refractivity contribution in [3.05, 3.63) is 10.3 Å². The van der Waals surface area contributed by atoms with E-state index in [1.807, 2.05) is 0 Å². The lowest BCUT2D eigenvalue weighted by molar-refractivity contribution is 1.04. The highest BCUT2D eigenvalue weighted by molar-refractivity contribution is 14.2. The Morgan fingerprint density at radius 1 is 0.583 bits per heavy atom. The molecule has 0 fully saturated rings. The molecule has 0 heterocycles. The number of hydrogen-bond donors (Lipinski definition) is 0. The van der Waals surface area contributed by atoms with Crippen molar-refractivity contribution in [3.8, 4) is 0 Å². The van der Waals surface area contributed by atoms with Gasteiger partial charge in [0.2, 0.25) is 0 Å². The molecule has 0 aliphatic rings. The largest absolute Gasteiger partial charge is 0.0606 e. The summed E-state index contributed by atoms with van der Waals surface area (Å²) in [5.74, 6) is 0. The maximum Gasteiger partial charge on any atom is 0.0606 e. The third-order valence-corrected chi connectivity index (χ3v) is 9.86. The van der Waals surface area contributed by atoms with E-state index in [1.165, 1.54) is 23.2 Å². The first-order valence-corrected chi connectivity index (χ1v) is 9.31. The Balaban J connectivity index is 4.03. The third kappa shape index (κ3) is 8.06. The van der Waals surface area contributed by atoms with Crippen LogP contribution in [0.15, 0.2) is 10.3 Å². The molecule has 0 spiro atoms. The molecule has 0 aliphatic carbocycles. The molecule has 0 N–H and O–H groups in total. The van der Waals surface area contributed by atoms with E-state index in [4.69, 9.17) is 0 Å². The van der Waals surface area contributed by atoms with Crippen LogP contribution in [0.1, 0.15) is 12.8 Å². The molecule has 0 amide bonds. The molecule has 0 aliphatic heterocycles. The van der Waals surface area contributed by atoms with Crippen LogP contribution in [-0.4, -0.2) is 0 Å². The summed E-state index contributed by atoms with van der Waals surface area (Å²) in [6.45, 7) is 0. The minimum Gasteiger partial charge on any atom is -0.0475 e. The Labute approximate surface area is 155 Å². The Hall–Kier alpha value is 3.86. The van der Waals surface area contributed by atoms with E-state index in [2.05, 4.69) is 136 Å². The summed E-state index contributed by atoms with van der Waals surface area (Å²) in [4.78, 5) is 0. The van der Waals surface area contributed by atoms with Gasteiger partial charge in [-0.15, -0.1) is 0 Å². The number of rotatable bonds is 3. The van der Waals surface area contributed by atoms with Crippen molar-refractivity contribution in [1.82, 2.24) is 0 Å². The Morgan fingerprint density at radius 3 is 1.00 bits per heavy atom. The molecule has 12 heavy (non-hydrogen) atoms. The maximum atomic E-state index is 2.42. The van der Waals surface area contributed by atoms with Gasteiger partial charge in [-0.1, -0.05) is 0 Å². The quantitative estimate of drug-likeness (QED) is 0.278. The van der Waals surface area contributed by atoms with Gasteiger partial charge >= 0.3 is 0 Å². The molecule has 0 nitrogen and oxygen atoms in total. The summed E-state index contributed by atoms with van der Waals surface area (Å²) in [5.41, 5.74) is 0. The molecule has 0 bridgehead atoms. The summed E-state index contributed by atoms with van der Waals surface area (Å²) in [6.07, 6.45) is 2.35. The van der Waals surface area contributed by atoms with Crippen LogP contribution >= 0.6 is 136 Å². The lowest BCUT2D eigenvalue weighted by atomic mass is 10.3. The normalized spacial score (nSPS) is 9.50. The van der Waals surface area contributed by atoms with Crippen LogP contribution in [0.5, 0.6) is 0 Å². The molecule has 70 valence electrons. The molecule has 0 rings (SSSR count). The molecule has 0 aromatic rings. The second-order valence-corrected chi connectivity index (χ2v) is 12.9. The van der Waals surface area contributed by atoms with Gasteiger partial charge in [-0.2, -0.15) is 0 Å². The van der Waals surface area contributed by atoms with Gasteiger partial charge in [0, 0.05) is 7.16 Å². The number of halogens is 6. The molecule has 0 atom stereocenters. The fraction of sp³-hybridized carbons (Fsp3) is 0.333. The average molecular weight is 838 g/mol. The molecular formula is C6H4I6. The van der Waals surface area contributed by atoms with E-state index in [0.29, 0.717) is 0 Å². The molecule has 6 heteroatoms. The first-order valence-electron chi connectivity index (χ1n) is 2.84. The average Bonchev–Trinajstić information content (AvgIpc) is 1.98. The van der Waals surface area contributed by atoms with Gasteiger partial charge < -0.3 is 0 Å². The predicted octanol–water partition coefficient (Wildman–Crippen LogP) is 6.71. The minimum atomic E-state index is 1.18. The van der Waals surface area contributed by atoms with Crippen molar-refractivity contribution < 1.29 is 0 Å². The van der Waals surface area contributed by atoms with Crippen molar-refractivity contribution in [3.63, 3.8) is 0 Å². The SMILES string of the molecule is IC(I)=C(I)CCC(I)=C(I)I. The third-order valence-electron chi connectivity index (χ3n) is 0.974. The highest BCUT2D eigenvalue weighted by Crippen LogP contribution is 2.34. The molecular weight excluding hydrogens is 833 g/mol. The summed E-state index contributed by atoms with van der Waals surface area (Å²) >= 11 is 14.3. The van der Waals surface area contributed by atoms with E-state index in [1.54, 1.807) is 0 Å². The van der Waals surface area contributed by atoms with E-state index in [0.717, 1.165) is 0 Å². The molecule has 0 unspecified atom stereocenters. The van der Waals surface area contributed by atoms with E-state index in [-0.39, 0.29) is 0 Å². The maximum absolute atomic E-state index is 2.42. The molecule has 0 radical (unpaired) electrons. The minimum absolute atomic E-state index is 1.18. The summed E-state index contributed by atoms with van der Waals surface area (Å²) in [7, 11) is 0. The lowest BCUT2D eigenvalue weighted by Crippen LogP contribution is -1.76. The summed E-state index contributed by atoms with van der Waals surface area (Å²) in [5, 5.41) is 0. The summed E-state index contributed by atoms with van der Waals surface area (Å²) in [6, 6.07) is 0. The lowest BCUT2D eigenvalue weighted by Gasteiger charge is -2.00. The van der Waals surface area contributed by atoms with Gasteiger partial charge in [0.25, 0.3) is 0 Å². The van der Waals surface area contributed by atoms with Gasteiger partial charge in [-0.25, -0.2) is 0 Å². The van der Waals surface area contributed by atoms with Crippen molar-refractivity contribution in [2.75, 3.05) is 0 Å². The smallest absolute Gasteiger partial charge is 0.0475 e.